The van der Waals surface area contributed by atoms with Gasteiger partial charge in [0.2, 0.25) is 0 Å². The summed E-state index contributed by atoms with van der Waals surface area (Å²) >= 11 is 0. The van der Waals surface area contributed by atoms with Crippen LogP contribution in [0, 0.1) is 0 Å². The minimum atomic E-state index is -0.304. The normalized spacial score (nSPS) is 11.1. The van der Waals surface area contributed by atoms with Gasteiger partial charge < -0.3 is 0 Å². The van der Waals surface area contributed by atoms with Gasteiger partial charge in [-0.25, -0.2) is 0 Å². The molecule has 0 radical (unpaired) electrons. The van der Waals surface area contributed by atoms with Crippen molar-refractivity contribution in [3.05, 3.63) is 156 Å². The zero-order chi connectivity index (χ0) is 20.8. The van der Waals surface area contributed by atoms with Gasteiger partial charge in [-0.05, 0) is 39.8 Å². The zero-order valence-corrected chi connectivity index (χ0v) is 17.2. The summed E-state index contributed by atoms with van der Waals surface area (Å²) in [6, 6.07) is 39.2. The largest absolute Gasteiger partial charge is 0.0985 e. The van der Waals surface area contributed by atoms with Crippen molar-refractivity contribution in [1.82, 2.24) is 0 Å². The van der Waals surface area contributed by atoms with Crippen LogP contribution in [0.3, 0.4) is 0 Å². The molecule has 0 aliphatic heterocycles. The van der Waals surface area contributed by atoms with Crippen molar-refractivity contribution in [3.8, 4) is 0 Å². The fourth-order valence-electron chi connectivity index (χ4n) is 4.24. The topological polar surface area (TPSA) is 0 Å². The molecule has 0 N–H and O–H groups in total. The van der Waals surface area contributed by atoms with Crippen molar-refractivity contribution < 1.29 is 0 Å². The van der Waals surface area contributed by atoms with Crippen molar-refractivity contribution in [2.45, 2.75) is 11.8 Å². The molecule has 0 aromatic heterocycles. The Labute approximate surface area is 179 Å². The van der Waals surface area contributed by atoms with Gasteiger partial charge in [0.15, 0.2) is 0 Å². The molecular formula is C30H26. The Morgan fingerprint density at radius 3 is 1.33 bits per heavy atom. The maximum atomic E-state index is 3.92. The highest BCUT2D eigenvalue weighted by Gasteiger charge is 2.36. The second-order valence-corrected chi connectivity index (χ2v) is 7.59. The molecule has 0 saturated heterocycles. The standard InChI is InChI=1S/C30H26/c1-3-24-15-19-28(20-16-24)30(27-13-9-6-10-14-27,23-26-11-7-5-8-12-26)29-21-17-25(4-2)18-22-29/h3-22H,1-2,23H2. The van der Waals surface area contributed by atoms with E-state index in [0.29, 0.717) is 0 Å². The SMILES string of the molecule is C=Cc1ccc(C(Cc2ccccc2)(c2ccccc2)c2ccc(C=C)cc2)cc1. The number of benzene rings is 4. The van der Waals surface area contributed by atoms with Crippen LogP contribution in [0.25, 0.3) is 12.2 Å². The molecule has 0 spiro atoms. The van der Waals surface area contributed by atoms with Gasteiger partial charge in [0.05, 0.1) is 0 Å². The van der Waals surface area contributed by atoms with E-state index in [0.717, 1.165) is 17.5 Å². The molecule has 0 aliphatic rings. The molecule has 0 saturated carbocycles. The van der Waals surface area contributed by atoms with E-state index in [4.69, 9.17) is 0 Å². The van der Waals surface area contributed by atoms with Gasteiger partial charge in [-0.1, -0.05) is 135 Å². The summed E-state index contributed by atoms with van der Waals surface area (Å²) in [7, 11) is 0. The minimum Gasteiger partial charge on any atom is -0.0985 e. The maximum absolute atomic E-state index is 3.92. The molecular weight excluding hydrogens is 360 g/mol. The second kappa shape index (κ2) is 8.80. The van der Waals surface area contributed by atoms with E-state index in [-0.39, 0.29) is 5.41 Å². The number of rotatable bonds is 7. The summed E-state index contributed by atoms with van der Waals surface area (Å²) in [6.45, 7) is 7.83. The van der Waals surface area contributed by atoms with Gasteiger partial charge in [-0.2, -0.15) is 0 Å². The van der Waals surface area contributed by atoms with E-state index in [2.05, 4.69) is 122 Å². The fourth-order valence-corrected chi connectivity index (χ4v) is 4.24. The zero-order valence-electron chi connectivity index (χ0n) is 17.2. The van der Waals surface area contributed by atoms with Gasteiger partial charge in [0.1, 0.15) is 0 Å². The Kier molecular flexibility index (Phi) is 5.77. The van der Waals surface area contributed by atoms with Gasteiger partial charge in [0.25, 0.3) is 0 Å². The van der Waals surface area contributed by atoms with E-state index in [9.17, 15) is 0 Å². The summed E-state index contributed by atoms with van der Waals surface area (Å²) < 4.78 is 0. The molecule has 0 aliphatic carbocycles. The Morgan fingerprint density at radius 1 is 0.500 bits per heavy atom. The average Bonchev–Trinajstić information content (AvgIpc) is 2.84. The van der Waals surface area contributed by atoms with Crippen LogP contribution >= 0.6 is 0 Å². The molecule has 0 unspecified atom stereocenters. The highest BCUT2D eigenvalue weighted by atomic mass is 14.4. The van der Waals surface area contributed by atoms with Gasteiger partial charge in [-0.15, -0.1) is 0 Å². The van der Waals surface area contributed by atoms with Crippen LogP contribution in [0.15, 0.2) is 122 Å². The Bertz CT molecular complexity index is 1050. The number of hydrogen-bond acceptors (Lipinski definition) is 0. The third-order valence-electron chi connectivity index (χ3n) is 5.86. The molecule has 0 bridgehead atoms. The van der Waals surface area contributed by atoms with Crippen LogP contribution in [-0.4, -0.2) is 0 Å². The first kappa shape index (κ1) is 19.7. The lowest BCUT2D eigenvalue weighted by Gasteiger charge is -2.36. The lowest BCUT2D eigenvalue weighted by atomic mass is 9.66. The van der Waals surface area contributed by atoms with E-state index in [1.165, 1.54) is 22.3 Å². The molecule has 4 aromatic rings. The molecule has 0 heterocycles. The molecule has 0 nitrogen and oxygen atoms in total. The molecule has 146 valence electrons. The van der Waals surface area contributed by atoms with Crippen LogP contribution in [0.1, 0.15) is 33.4 Å². The summed E-state index contributed by atoms with van der Waals surface area (Å²) in [5, 5.41) is 0. The monoisotopic (exact) mass is 386 g/mol. The quantitative estimate of drug-likeness (QED) is 0.288. The van der Waals surface area contributed by atoms with E-state index < -0.39 is 0 Å². The van der Waals surface area contributed by atoms with Crippen LogP contribution in [0.5, 0.6) is 0 Å². The van der Waals surface area contributed by atoms with E-state index in [1.54, 1.807) is 0 Å². The van der Waals surface area contributed by atoms with Crippen molar-refractivity contribution in [2.75, 3.05) is 0 Å². The first-order valence-corrected chi connectivity index (χ1v) is 10.3. The number of hydrogen-bond donors (Lipinski definition) is 0. The van der Waals surface area contributed by atoms with E-state index in [1.807, 2.05) is 12.2 Å². The van der Waals surface area contributed by atoms with Crippen LogP contribution in [0.2, 0.25) is 0 Å². The molecule has 30 heavy (non-hydrogen) atoms. The van der Waals surface area contributed by atoms with Crippen LogP contribution < -0.4 is 0 Å². The average molecular weight is 387 g/mol. The van der Waals surface area contributed by atoms with Crippen molar-refractivity contribution in [3.63, 3.8) is 0 Å². The highest BCUT2D eigenvalue weighted by Crippen LogP contribution is 2.42. The molecule has 4 aromatic carbocycles. The van der Waals surface area contributed by atoms with Gasteiger partial charge in [0, 0.05) is 5.41 Å². The Hall–Kier alpha value is -3.64. The molecule has 0 heteroatoms. The third-order valence-corrected chi connectivity index (χ3v) is 5.86. The Balaban J connectivity index is 2.00. The molecule has 0 fully saturated rings. The lowest BCUT2D eigenvalue weighted by Crippen LogP contribution is -2.32. The highest BCUT2D eigenvalue weighted by molar-refractivity contribution is 5.57. The summed E-state index contributed by atoms with van der Waals surface area (Å²) in [5.41, 5.74) is 7.09. The van der Waals surface area contributed by atoms with Gasteiger partial charge >= 0.3 is 0 Å². The third kappa shape index (κ3) is 3.77. The first-order valence-electron chi connectivity index (χ1n) is 10.3. The van der Waals surface area contributed by atoms with Crippen LogP contribution in [0.4, 0.5) is 0 Å². The predicted octanol–water partition coefficient (Wildman–Crippen LogP) is 7.55. The lowest BCUT2D eigenvalue weighted by molar-refractivity contribution is 0.613. The Morgan fingerprint density at radius 2 is 0.900 bits per heavy atom. The van der Waals surface area contributed by atoms with Crippen LogP contribution in [-0.2, 0) is 11.8 Å². The summed E-state index contributed by atoms with van der Waals surface area (Å²) in [4.78, 5) is 0. The second-order valence-electron chi connectivity index (χ2n) is 7.59. The molecule has 0 atom stereocenters. The predicted molar refractivity (Wildman–Crippen MR) is 130 cm³/mol. The smallest absolute Gasteiger partial charge is 0.0491 e. The van der Waals surface area contributed by atoms with Crippen molar-refractivity contribution in [2.24, 2.45) is 0 Å². The minimum absolute atomic E-state index is 0.304. The van der Waals surface area contributed by atoms with Gasteiger partial charge in [-0.3, -0.25) is 0 Å². The fraction of sp³-hybridized carbons (Fsp3) is 0.0667. The van der Waals surface area contributed by atoms with Crippen molar-refractivity contribution in [1.29, 1.82) is 0 Å². The van der Waals surface area contributed by atoms with Crippen molar-refractivity contribution >= 4 is 12.2 Å². The van der Waals surface area contributed by atoms with E-state index >= 15 is 0 Å². The first-order chi connectivity index (χ1) is 14.8. The molecule has 0 amide bonds. The maximum Gasteiger partial charge on any atom is 0.0491 e. The summed E-state index contributed by atoms with van der Waals surface area (Å²) in [5.74, 6) is 0. The molecule has 4 rings (SSSR count). The summed E-state index contributed by atoms with van der Waals surface area (Å²) in [6.07, 6.45) is 4.66.